The molecule has 1 fully saturated rings. The minimum atomic E-state index is -4.62. The third kappa shape index (κ3) is 6.90. The van der Waals surface area contributed by atoms with Gasteiger partial charge in [-0.1, -0.05) is 30.3 Å². The number of amides is 2. The Bertz CT molecular complexity index is 1200. The number of rotatable bonds is 8. The molecule has 2 amide bonds. The Morgan fingerprint density at radius 1 is 1.08 bits per heavy atom. The van der Waals surface area contributed by atoms with Crippen LogP contribution in [0.3, 0.4) is 0 Å². The number of nitrogens with two attached hydrogens (primary N) is 1. The molecule has 0 spiro atoms. The van der Waals surface area contributed by atoms with Crippen molar-refractivity contribution < 1.29 is 32.7 Å². The first-order chi connectivity index (χ1) is 17.7. The number of carboxylic acids is 1. The fraction of sp³-hybridized carbons (Fsp3) is 0.407. The molecule has 1 unspecified atom stereocenters. The lowest BCUT2D eigenvalue weighted by atomic mass is 9.79. The number of carbonyl (C=O) groups is 3. The number of aliphatic carboxylic acids is 1. The summed E-state index contributed by atoms with van der Waals surface area (Å²) < 4.78 is 40.5. The van der Waals surface area contributed by atoms with Crippen molar-refractivity contribution in [2.24, 2.45) is 11.7 Å². The minimum absolute atomic E-state index is 0.0109. The summed E-state index contributed by atoms with van der Waals surface area (Å²) in [4.78, 5) is 39.5. The number of carboxylic acid groups (broad SMARTS) is 1. The smallest absolute Gasteiger partial charge is 0.416 e. The van der Waals surface area contributed by atoms with Crippen LogP contribution in [0.4, 0.5) is 13.2 Å². The van der Waals surface area contributed by atoms with Crippen molar-refractivity contribution in [3.63, 3.8) is 0 Å². The Kier molecular flexibility index (Phi) is 8.48. The molecule has 1 heterocycles. The first kappa shape index (κ1) is 28.7. The van der Waals surface area contributed by atoms with Crippen molar-refractivity contribution in [2.75, 3.05) is 13.1 Å². The van der Waals surface area contributed by atoms with Crippen LogP contribution in [-0.4, -0.2) is 52.3 Å². The van der Waals surface area contributed by atoms with Crippen molar-refractivity contribution >= 4 is 23.6 Å². The van der Waals surface area contributed by atoms with Gasteiger partial charge in [0.2, 0.25) is 5.91 Å². The highest BCUT2D eigenvalue weighted by Crippen LogP contribution is 2.36. The van der Waals surface area contributed by atoms with Crippen LogP contribution in [0.1, 0.15) is 66.1 Å². The molecule has 0 radical (unpaired) electrons. The van der Waals surface area contributed by atoms with Gasteiger partial charge in [0, 0.05) is 30.6 Å². The number of likely N-dealkylation sites (tertiary alicyclic amines) is 1. The second-order valence-corrected chi connectivity index (χ2v) is 10.1. The summed E-state index contributed by atoms with van der Waals surface area (Å²) in [6.45, 7) is 3.69. The molecule has 5 N–H and O–H groups in total. The monoisotopic (exact) mass is 532 g/mol. The average molecular weight is 533 g/mol. The first-order valence-corrected chi connectivity index (χ1v) is 12.1. The zero-order chi connectivity index (χ0) is 28.3. The molecule has 1 aliphatic rings. The SMILES string of the molecule is CC(C)(NC(=O)c1ccc(C(=N)N)cc1)C(C(=O)N1CCC(CC(=O)O)CC1)c1cccc(C(F)(F)F)c1. The van der Waals surface area contributed by atoms with Gasteiger partial charge in [-0.05, 0) is 56.4 Å². The van der Waals surface area contributed by atoms with E-state index in [9.17, 15) is 27.6 Å². The second kappa shape index (κ2) is 11.2. The summed E-state index contributed by atoms with van der Waals surface area (Å²) in [5, 5.41) is 19.4. The molecule has 3 rings (SSSR count). The van der Waals surface area contributed by atoms with E-state index in [1.807, 2.05) is 0 Å². The third-order valence-corrected chi connectivity index (χ3v) is 6.80. The van der Waals surface area contributed by atoms with Gasteiger partial charge in [-0.3, -0.25) is 19.8 Å². The summed E-state index contributed by atoms with van der Waals surface area (Å²) in [5.41, 5.74) is 4.00. The molecular weight excluding hydrogens is 501 g/mol. The van der Waals surface area contributed by atoms with Gasteiger partial charge >= 0.3 is 12.1 Å². The molecule has 11 heteroatoms. The van der Waals surface area contributed by atoms with Crippen LogP contribution < -0.4 is 11.1 Å². The Labute approximate surface area is 218 Å². The van der Waals surface area contributed by atoms with Crippen LogP contribution in [-0.2, 0) is 15.8 Å². The molecule has 38 heavy (non-hydrogen) atoms. The van der Waals surface area contributed by atoms with Crippen LogP contribution in [0.2, 0.25) is 0 Å². The van der Waals surface area contributed by atoms with Crippen LogP contribution >= 0.6 is 0 Å². The number of nitrogens with one attached hydrogen (secondary N) is 2. The maximum Gasteiger partial charge on any atom is 0.416 e. The largest absolute Gasteiger partial charge is 0.481 e. The van der Waals surface area contributed by atoms with Gasteiger partial charge in [0.15, 0.2) is 0 Å². The number of carbonyl (C=O) groups excluding carboxylic acids is 2. The molecule has 1 saturated heterocycles. The number of hydrogen-bond acceptors (Lipinski definition) is 4. The lowest BCUT2D eigenvalue weighted by Crippen LogP contribution is -2.54. The topological polar surface area (TPSA) is 137 Å². The number of amidine groups is 1. The fourth-order valence-corrected chi connectivity index (χ4v) is 4.79. The zero-order valence-corrected chi connectivity index (χ0v) is 21.1. The number of alkyl halides is 3. The van der Waals surface area contributed by atoms with E-state index in [1.54, 1.807) is 13.8 Å². The number of halogens is 3. The van der Waals surface area contributed by atoms with Crippen LogP contribution in [0.5, 0.6) is 0 Å². The maximum atomic E-state index is 13.8. The number of benzene rings is 2. The van der Waals surface area contributed by atoms with E-state index in [4.69, 9.17) is 16.2 Å². The Balaban J connectivity index is 1.92. The predicted molar refractivity (Wildman–Crippen MR) is 135 cm³/mol. The van der Waals surface area contributed by atoms with E-state index in [0.717, 1.165) is 12.1 Å². The highest BCUT2D eigenvalue weighted by atomic mass is 19.4. The Hall–Kier alpha value is -3.89. The molecule has 204 valence electrons. The lowest BCUT2D eigenvalue weighted by molar-refractivity contribution is -0.140. The predicted octanol–water partition coefficient (Wildman–Crippen LogP) is 3.99. The van der Waals surface area contributed by atoms with E-state index < -0.39 is 41.0 Å². The number of hydrogen-bond donors (Lipinski definition) is 4. The molecule has 0 saturated carbocycles. The number of nitrogens with zero attached hydrogens (tertiary/aromatic N) is 1. The molecule has 0 bridgehead atoms. The molecule has 2 aromatic carbocycles. The van der Waals surface area contributed by atoms with Gasteiger partial charge < -0.3 is 21.1 Å². The Morgan fingerprint density at radius 3 is 2.18 bits per heavy atom. The average Bonchev–Trinajstić information content (AvgIpc) is 2.83. The fourth-order valence-electron chi connectivity index (χ4n) is 4.79. The number of piperidine rings is 1. The van der Waals surface area contributed by atoms with Crippen molar-refractivity contribution in [3.05, 3.63) is 70.8 Å². The molecule has 2 aromatic rings. The third-order valence-electron chi connectivity index (χ3n) is 6.80. The van der Waals surface area contributed by atoms with E-state index >= 15 is 0 Å². The zero-order valence-electron chi connectivity index (χ0n) is 21.1. The van der Waals surface area contributed by atoms with E-state index in [2.05, 4.69) is 5.32 Å². The molecule has 0 aromatic heterocycles. The van der Waals surface area contributed by atoms with Crippen LogP contribution in [0.15, 0.2) is 48.5 Å². The highest BCUT2D eigenvalue weighted by molar-refractivity contribution is 5.99. The lowest BCUT2D eigenvalue weighted by Gasteiger charge is -2.40. The van der Waals surface area contributed by atoms with E-state index in [0.29, 0.717) is 18.4 Å². The summed E-state index contributed by atoms with van der Waals surface area (Å²) in [6.07, 6.45) is -3.71. The second-order valence-electron chi connectivity index (χ2n) is 10.1. The number of nitrogen functional groups attached to an aromatic ring is 1. The molecular formula is C27H31F3N4O4. The highest BCUT2D eigenvalue weighted by Gasteiger charge is 2.42. The van der Waals surface area contributed by atoms with Gasteiger partial charge in [0.25, 0.3) is 5.91 Å². The van der Waals surface area contributed by atoms with Gasteiger partial charge in [-0.2, -0.15) is 13.2 Å². The Morgan fingerprint density at radius 2 is 1.66 bits per heavy atom. The van der Waals surface area contributed by atoms with E-state index in [-0.39, 0.29) is 42.4 Å². The van der Waals surface area contributed by atoms with Crippen molar-refractivity contribution in [1.29, 1.82) is 5.41 Å². The van der Waals surface area contributed by atoms with Crippen molar-refractivity contribution in [2.45, 2.75) is 50.7 Å². The molecule has 8 nitrogen and oxygen atoms in total. The standard InChI is InChI=1S/C27H31F3N4O4/c1-26(2,33-24(37)18-8-6-17(7-9-18)23(31)32)22(19-4-3-5-20(15-19)27(28,29)30)25(38)34-12-10-16(11-13-34)14-21(35)36/h3-9,15-16,22H,10-14H2,1-2H3,(H3,31,32)(H,33,37)(H,35,36). The van der Waals surface area contributed by atoms with Gasteiger partial charge in [-0.15, -0.1) is 0 Å². The minimum Gasteiger partial charge on any atom is -0.481 e. The van der Waals surface area contributed by atoms with Crippen molar-refractivity contribution in [1.82, 2.24) is 10.2 Å². The molecule has 0 aliphatic carbocycles. The molecule has 1 atom stereocenters. The van der Waals surface area contributed by atoms with Crippen LogP contribution in [0.25, 0.3) is 0 Å². The first-order valence-electron chi connectivity index (χ1n) is 12.1. The quantitative estimate of drug-likeness (QED) is 0.301. The van der Waals surface area contributed by atoms with Gasteiger partial charge in [0.1, 0.15) is 5.84 Å². The summed E-state index contributed by atoms with van der Waals surface area (Å²) >= 11 is 0. The summed E-state index contributed by atoms with van der Waals surface area (Å²) in [5.74, 6) is -3.32. The van der Waals surface area contributed by atoms with Crippen molar-refractivity contribution in [3.8, 4) is 0 Å². The normalized spacial score (nSPS) is 15.6. The van der Waals surface area contributed by atoms with Gasteiger partial charge in [0.05, 0.1) is 17.0 Å². The van der Waals surface area contributed by atoms with Crippen LogP contribution in [0, 0.1) is 11.3 Å². The van der Waals surface area contributed by atoms with Gasteiger partial charge in [-0.25, -0.2) is 0 Å². The summed E-state index contributed by atoms with van der Waals surface area (Å²) in [6, 6.07) is 10.5. The molecule has 1 aliphatic heterocycles. The maximum absolute atomic E-state index is 13.8. The van der Waals surface area contributed by atoms with E-state index in [1.165, 1.54) is 41.3 Å². The summed E-state index contributed by atoms with van der Waals surface area (Å²) in [7, 11) is 0.